The zero-order valence-electron chi connectivity index (χ0n) is 6.53. The Kier molecular flexibility index (Phi) is 2.05. The third-order valence-electron chi connectivity index (χ3n) is 1.41. The first kappa shape index (κ1) is 7.94. The summed E-state index contributed by atoms with van der Waals surface area (Å²) < 4.78 is 1.22. The van der Waals surface area contributed by atoms with E-state index in [1.807, 2.05) is 0 Å². The van der Waals surface area contributed by atoms with Crippen molar-refractivity contribution in [1.29, 1.82) is 0 Å². The van der Waals surface area contributed by atoms with Gasteiger partial charge in [0.15, 0.2) is 0 Å². The number of nitrogens with zero attached hydrogens (tertiary/aromatic N) is 2. The summed E-state index contributed by atoms with van der Waals surface area (Å²) >= 11 is 0. The molecule has 1 aromatic rings. The summed E-state index contributed by atoms with van der Waals surface area (Å²) in [4.78, 5) is 15.0. The molecule has 0 aromatic carbocycles. The van der Waals surface area contributed by atoms with Crippen molar-refractivity contribution < 1.29 is 5.11 Å². The van der Waals surface area contributed by atoms with Gasteiger partial charge in [-0.3, -0.25) is 14.3 Å². The van der Waals surface area contributed by atoms with Gasteiger partial charge in [0.1, 0.15) is 12.4 Å². The maximum Gasteiger partial charge on any atom is 0.273 e. The van der Waals surface area contributed by atoms with Gasteiger partial charge in [-0.1, -0.05) is 0 Å². The van der Waals surface area contributed by atoms with E-state index in [2.05, 4.69) is 4.98 Å². The second-order valence-electron chi connectivity index (χ2n) is 2.38. The molecule has 11 heavy (non-hydrogen) atoms. The first-order chi connectivity index (χ1) is 5.15. The van der Waals surface area contributed by atoms with E-state index in [0.29, 0.717) is 5.69 Å². The predicted octanol–water partition coefficient (Wildman–Crippen LogP) is -0.190. The van der Waals surface area contributed by atoms with Gasteiger partial charge in [0, 0.05) is 6.20 Å². The molecule has 0 unspecified atom stereocenters. The van der Waals surface area contributed by atoms with Gasteiger partial charge >= 0.3 is 0 Å². The van der Waals surface area contributed by atoms with Gasteiger partial charge in [0.2, 0.25) is 0 Å². The molecule has 1 heterocycles. The Labute approximate surface area is 64.1 Å². The monoisotopic (exact) mass is 154 g/mol. The molecular formula is C7H10N2O2. The van der Waals surface area contributed by atoms with Gasteiger partial charge < -0.3 is 5.11 Å². The van der Waals surface area contributed by atoms with Crippen molar-refractivity contribution in [2.24, 2.45) is 0 Å². The maximum absolute atomic E-state index is 11.1. The molecule has 0 saturated carbocycles. The zero-order chi connectivity index (χ0) is 8.43. The number of aryl methyl sites for hydroxylation is 2. The lowest BCUT2D eigenvalue weighted by Gasteiger charge is -2.02. The summed E-state index contributed by atoms with van der Waals surface area (Å²) in [5.41, 5.74) is 0.910. The van der Waals surface area contributed by atoms with E-state index >= 15 is 0 Å². The molecule has 4 nitrogen and oxygen atoms in total. The fraction of sp³-hybridized carbons (Fsp3) is 0.429. The largest absolute Gasteiger partial charge is 0.376 e. The molecular weight excluding hydrogens is 144 g/mol. The summed E-state index contributed by atoms with van der Waals surface area (Å²) in [6, 6.07) is 0. The minimum absolute atomic E-state index is 0.238. The lowest BCUT2D eigenvalue weighted by molar-refractivity contribution is 0.205. The van der Waals surface area contributed by atoms with Gasteiger partial charge in [-0.25, -0.2) is 0 Å². The van der Waals surface area contributed by atoms with Crippen LogP contribution < -0.4 is 5.56 Å². The Bertz CT molecular complexity index is 317. The topological polar surface area (TPSA) is 55.1 Å². The Morgan fingerprint density at radius 2 is 2.27 bits per heavy atom. The molecule has 1 aromatic heterocycles. The maximum atomic E-state index is 11.1. The van der Waals surface area contributed by atoms with Crippen molar-refractivity contribution in [2.75, 3.05) is 0 Å². The first-order valence-corrected chi connectivity index (χ1v) is 3.30. The standard InChI is InChI=1S/C7H10N2O2/c1-5-3-9(4-10)7(11)6(2)8-5/h3,10H,4H2,1-2H3. The Balaban J connectivity index is 3.37. The minimum atomic E-state index is -0.289. The molecule has 60 valence electrons. The summed E-state index contributed by atoms with van der Waals surface area (Å²) in [6.07, 6.45) is 1.52. The van der Waals surface area contributed by atoms with Crippen LogP contribution in [0.2, 0.25) is 0 Å². The number of hydrogen-bond donors (Lipinski definition) is 1. The van der Waals surface area contributed by atoms with E-state index in [9.17, 15) is 4.79 Å². The molecule has 1 rings (SSSR count). The molecule has 0 spiro atoms. The molecule has 0 bridgehead atoms. The van der Waals surface area contributed by atoms with E-state index in [0.717, 1.165) is 5.69 Å². The first-order valence-electron chi connectivity index (χ1n) is 3.30. The van der Waals surface area contributed by atoms with E-state index in [1.54, 1.807) is 13.8 Å². The molecule has 1 N–H and O–H groups in total. The van der Waals surface area contributed by atoms with Crippen LogP contribution in [0.5, 0.6) is 0 Å². The molecule has 0 aliphatic carbocycles. The zero-order valence-corrected chi connectivity index (χ0v) is 6.53. The minimum Gasteiger partial charge on any atom is -0.376 e. The van der Waals surface area contributed by atoms with Crippen LogP contribution in [-0.4, -0.2) is 14.7 Å². The third-order valence-corrected chi connectivity index (χ3v) is 1.41. The second kappa shape index (κ2) is 2.84. The lowest BCUT2D eigenvalue weighted by atomic mass is 10.4. The normalized spacial score (nSPS) is 10.1. The summed E-state index contributed by atoms with van der Waals surface area (Å²) in [7, 11) is 0. The van der Waals surface area contributed by atoms with Crippen molar-refractivity contribution in [3.05, 3.63) is 27.9 Å². The lowest BCUT2D eigenvalue weighted by Crippen LogP contribution is -2.23. The average Bonchev–Trinajstić information content (AvgIpc) is 1.96. The Morgan fingerprint density at radius 3 is 2.82 bits per heavy atom. The highest BCUT2D eigenvalue weighted by Crippen LogP contribution is 1.89. The van der Waals surface area contributed by atoms with E-state index in [4.69, 9.17) is 5.11 Å². The number of rotatable bonds is 1. The van der Waals surface area contributed by atoms with Gasteiger partial charge in [-0.2, -0.15) is 0 Å². The number of aromatic nitrogens is 2. The Morgan fingerprint density at radius 1 is 1.64 bits per heavy atom. The predicted molar refractivity (Wildman–Crippen MR) is 40.2 cm³/mol. The van der Waals surface area contributed by atoms with Crippen LogP contribution in [0.3, 0.4) is 0 Å². The van der Waals surface area contributed by atoms with Crippen LogP contribution in [0, 0.1) is 13.8 Å². The van der Waals surface area contributed by atoms with E-state index in [1.165, 1.54) is 10.8 Å². The van der Waals surface area contributed by atoms with Crippen LogP contribution in [0.15, 0.2) is 11.0 Å². The van der Waals surface area contributed by atoms with Crippen molar-refractivity contribution in [2.45, 2.75) is 20.6 Å². The van der Waals surface area contributed by atoms with Gasteiger partial charge in [0.05, 0.1) is 5.69 Å². The fourth-order valence-electron chi connectivity index (χ4n) is 0.938. The molecule has 0 saturated heterocycles. The van der Waals surface area contributed by atoms with Crippen LogP contribution in [0.1, 0.15) is 11.4 Å². The van der Waals surface area contributed by atoms with Gasteiger partial charge in [0.25, 0.3) is 5.56 Å². The highest BCUT2D eigenvalue weighted by molar-refractivity contribution is 5.01. The molecule has 0 aliphatic heterocycles. The molecule has 0 aliphatic rings. The van der Waals surface area contributed by atoms with Gasteiger partial charge in [-0.15, -0.1) is 0 Å². The third kappa shape index (κ3) is 1.46. The Hall–Kier alpha value is -1.16. The highest BCUT2D eigenvalue weighted by atomic mass is 16.3. The highest BCUT2D eigenvalue weighted by Gasteiger charge is 1.99. The quantitative estimate of drug-likeness (QED) is 0.610. The number of hydrogen-bond acceptors (Lipinski definition) is 3. The van der Waals surface area contributed by atoms with Crippen LogP contribution in [0.4, 0.5) is 0 Å². The van der Waals surface area contributed by atoms with E-state index < -0.39 is 0 Å². The summed E-state index contributed by atoms with van der Waals surface area (Å²) in [5.74, 6) is 0. The molecule has 4 heteroatoms. The second-order valence-corrected chi connectivity index (χ2v) is 2.38. The van der Waals surface area contributed by atoms with Crippen LogP contribution in [0.25, 0.3) is 0 Å². The fourth-order valence-corrected chi connectivity index (χ4v) is 0.938. The molecule has 0 atom stereocenters. The van der Waals surface area contributed by atoms with Crippen molar-refractivity contribution >= 4 is 0 Å². The summed E-state index contributed by atoms with van der Waals surface area (Å²) in [6.45, 7) is 3.11. The number of aliphatic hydroxyl groups excluding tert-OH is 1. The molecule has 0 radical (unpaired) electrons. The van der Waals surface area contributed by atoms with Crippen molar-refractivity contribution in [1.82, 2.24) is 9.55 Å². The molecule has 0 fully saturated rings. The average molecular weight is 154 g/mol. The van der Waals surface area contributed by atoms with Crippen LogP contribution in [-0.2, 0) is 6.73 Å². The summed E-state index contributed by atoms with van der Waals surface area (Å²) in [5, 5.41) is 8.70. The van der Waals surface area contributed by atoms with Crippen molar-refractivity contribution in [3.63, 3.8) is 0 Å². The van der Waals surface area contributed by atoms with E-state index in [-0.39, 0.29) is 12.3 Å². The number of aliphatic hydroxyl groups is 1. The molecule has 0 amide bonds. The van der Waals surface area contributed by atoms with Crippen molar-refractivity contribution in [3.8, 4) is 0 Å². The SMILES string of the molecule is Cc1cn(CO)c(=O)c(C)n1. The smallest absolute Gasteiger partial charge is 0.273 e. The van der Waals surface area contributed by atoms with Crippen LogP contribution >= 0.6 is 0 Å². The van der Waals surface area contributed by atoms with Gasteiger partial charge in [-0.05, 0) is 13.8 Å².